The van der Waals surface area contributed by atoms with Gasteiger partial charge in [0.15, 0.2) is 0 Å². The number of H-pyrrole nitrogens is 1. The molecule has 0 aliphatic heterocycles. The lowest BCUT2D eigenvalue weighted by molar-refractivity contribution is 0.0698. The first-order chi connectivity index (χ1) is 10.0. The third-order valence-corrected chi connectivity index (χ3v) is 3.44. The highest BCUT2D eigenvalue weighted by molar-refractivity contribution is 9.11. The van der Waals surface area contributed by atoms with E-state index >= 15 is 0 Å². The smallest absolute Gasteiger partial charge is 0.337 e. The lowest BCUT2D eigenvalue weighted by Crippen LogP contribution is -2.04. The first-order valence-corrected chi connectivity index (χ1v) is 6.94. The Bertz CT molecular complexity index is 751. The number of tetrazole rings is 1. The lowest BCUT2D eigenvalue weighted by atomic mass is 10.2. The maximum Gasteiger partial charge on any atom is 0.337 e. The van der Waals surface area contributed by atoms with Crippen molar-refractivity contribution in [3.05, 3.63) is 38.7 Å². The van der Waals surface area contributed by atoms with Crippen molar-refractivity contribution in [2.24, 2.45) is 0 Å². The molecule has 0 aliphatic carbocycles. The van der Waals surface area contributed by atoms with E-state index in [-0.39, 0.29) is 17.0 Å². The number of carboxylic acid groups (broad SMARTS) is 1. The molecule has 0 fully saturated rings. The molecule has 0 unspecified atom stereocenters. The molecule has 0 aliphatic rings. The average molecular weight is 414 g/mol. The number of carboxylic acids is 1. The fraction of sp³-hybridized carbons (Fsp3) is 0. The molecule has 0 amide bonds. The monoisotopic (exact) mass is 412 g/mol. The molecule has 1 aromatic carbocycles. The Balaban J connectivity index is 2.40. The Hall–Kier alpha value is -2.25. The van der Waals surface area contributed by atoms with Gasteiger partial charge in [-0.25, -0.2) is 4.79 Å². The SMILES string of the molecule is N#CC(=CNc1c(Br)cc(Br)cc1C(=O)O)c1nn[nH]n1. The van der Waals surface area contributed by atoms with Crippen LogP contribution in [0.3, 0.4) is 0 Å². The number of carbonyl (C=O) groups is 1. The minimum absolute atomic E-state index is 0.0397. The van der Waals surface area contributed by atoms with Gasteiger partial charge in [0.25, 0.3) is 0 Å². The molecule has 0 saturated carbocycles. The highest BCUT2D eigenvalue weighted by Gasteiger charge is 2.15. The van der Waals surface area contributed by atoms with Crippen molar-refractivity contribution in [1.82, 2.24) is 20.6 Å². The quantitative estimate of drug-likeness (QED) is 0.656. The molecule has 0 atom stereocenters. The third kappa shape index (κ3) is 3.45. The number of aromatic amines is 1. The van der Waals surface area contributed by atoms with E-state index < -0.39 is 5.97 Å². The topological polar surface area (TPSA) is 128 Å². The van der Waals surface area contributed by atoms with E-state index in [9.17, 15) is 9.90 Å². The molecular formula is C11H6Br2N6O2. The zero-order valence-electron chi connectivity index (χ0n) is 10.1. The van der Waals surface area contributed by atoms with Crippen LogP contribution in [0, 0.1) is 11.3 Å². The van der Waals surface area contributed by atoms with Crippen molar-refractivity contribution in [3.8, 4) is 6.07 Å². The normalized spacial score (nSPS) is 11.0. The molecule has 2 rings (SSSR count). The molecule has 1 heterocycles. The van der Waals surface area contributed by atoms with Gasteiger partial charge >= 0.3 is 5.97 Å². The van der Waals surface area contributed by atoms with E-state index in [0.717, 1.165) is 0 Å². The van der Waals surface area contributed by atoms with Crippen LogP contribution in [0.2, 0.25) is 0 Å². The number of halogens is 2. The van der Waals surface area contributed by atoms with Crippen LogP contribution >= 0.6 is 31.9 Å². The van der Waals surface area contributed by atoms with Crippen molar-refractivity contribution in [2.75, 3.05) is 5.32 Å². The number of anilines is 1. The van der Waals surface area contributed by atoms with Crippen LogP contribution < -0.4 is 5.32 Å². The van der Waals surface area contributed by atoms with E-state index in [1.807, 2.05) is 6.07 Å². The highest BCUT2D eigenvalue weighted by Crippen LogP contribution is 2.31. The summed E-state index contributed by atoms with van der Waals surface area (Å²) < 4.78 is 1.14. The number of aromatic nitrogens is 4. The zero-order chi connectivity index (χ0) is 15.4. The van der Waals surface area contributed by atoms with Gasteiger partial charge in [-0.1, -0.05) is 15.9 Å². The first kappa shape index (κ1) is 15.1. The summed E-state index contributed by atoms with van der Waals surface area (Å²) in [5.74, 6) is -0.999. The van der Waals surface area contributed by atoms with Crippen molar-refractivity contribution < 1.29 is 9.90 Å². The number of hydrogen-bond donors (Lipinski definition) is 3. The Morgan fingerprint density at radius 1 is 1.48 bits per heavy atom. The maximum absolute atomic E-state index is 11.3. The van der Waals surface area contributed by atoms with Crippen LogP contribution in [-0.2, 0) is 0 Å². The fourth-order valence-electron chi connectivity index (χ4n) is 1.46. The van der Waals surface area contributed by atoms with Crippen LogP contribution in [0.4, 0.5) is 5.69 Å². The van der Waals surface area contributed by atoms with Gasteiger partial charge in [-0.3, -0.25) is 0 Å². The van der Waals surface area contributed by atoms with E-state index in [2.05, 4.69) is 57.8 Å². The van der Waals surface area contributed by atoms with Crippen LogP contribution in [0.25, 0.3) is 5.57 Å². The summed E-state index contributed by atoms with van der Waals surface area (Å²) in [5, 5.41) is 34.0. The average Bonchev–Trinajstić information content (AvgIpc) is 2.94. The molecule has 106 valence electrons. The predicted molar refractivity (Wildman–Crippen MR) is 80.2 cm³/mol. The Kier molecular flexibility index (Phi) is 4.66. The van der Waals surface area contributed by atoms with Crippen LogP contribution in [-0.4, -0.2) is 31.7 Å². The number of nitriles is 1. The van der Waals surface area contributed by atoms with Gasteiger partial charge in [-0.2, -0.15) is 10.5 Å². The molecule has 0 bridgehead atoms. The zero-order valence-corrected chi connectivity index (χ0v) is 13.3. The van der Waals surface area contributed by atoms with E-state index in [4.69, 9.17) is 5.26 Å². The molecule has 8 nitrogen and oxygen atoms in total. The van der Waals surface area contributed by atoms with Crippen molar-refractivity contribution in [1.29, 1.82) is 5.26 Å². The lowest BCUT2D eigenvalue weighted by Gasteiger charge is -2.09. The standard InChI is InChI=1S/C11H6Br2N6O2/c12-6-1-7(11(20)21)9(8(13)2-6)15-4-5(3-14)10-16-18-19-17-10/h1-2,4,15H,(H,20,21)(H,16,17,18,19). The van der Waals surface area contributed by atoms with Gasteiger partial charge in [-0.15, -0.1) is 10.2 Å². The molecular weight excluding hydrogens is 408 g/mol. The van der Waals surface area contributed by atoms with Crippen molar-refractivity contribution >= 4 is 49.1 Å². The predicted octanol–water partition coefficient (Wildman–Crippen LogP) is 2.40. The first-order valence-electron chi connectivity index (χ1n) is 5.36. The van der Waals surface area contributed by atoms with E-state index in [1.165, 1.54) is 12.3 Å². The Morgan fingerprint density at radius 3 is 2.81 bits per heavy atom. The molecule has 0 radical (unpaired) electrons. The second-order valence-corrected chi connectivity index (χ2v) is 5.43. The Morgan fingerprint density at radius 2 is 2.24 bits per heavy atom. The molecule has 2 aromatic rings. The number of rotatable bonds is 4. The van der Waals surface area contributed by atoms with Crippen LogP contribution in [0.1, 0.15) is 16.2 Å². The molecule has 0 saturated heterocycles. The van der Waals surface area contributed by atoms with E-state index in [0.29, 0.717) is 14.6 Å². The second-order valence-electron chi connectivity index (χ2n) is 3.66. The minimum atomic E-state index is -1.11. The fourth-order valence-corrected chi connectivity index (χ4v) is 2.80. The summed E-state index contributed by atoms with van der Waals surface area (Å²) >= 11 is 6.49. The number of aromatic carboxylic acids is 1. The van der Waals surface area contributed by atoms with Gasteiger partial charge in [-0.05, 0) is 33.3 Å². The van der Waals surface area contributed by atoms with Gasteiger partial charge in [0, 0.05) is 15.1 Å². The van der Waals surface area contributed by atoms with Crippen LogP contribution in [0.15, 0.2) is 27.3 Å². The van der Waals surface area contributed by atoms with Crippen molar-refractivity contribution in [3.63, 3.8) is 0 Å². The van der Waals surface area contributed by atoms with Gasteiger partial charge in [0.05, 0.1) is 11.3 Å². The summed E-state index contributed by atoms with van der Waals surface area (Å²) in [6.45, 7) is 0. The molecule has 0 spiro atoms. The second kappa shape index (κ2) is 6.47. The molecule has 1 aromatic heterocycles. The number of hydrogen-bond acceptors (Lipinski definition) is 6. The molecule has 21 heavy (non-hydrogen) atoms. The van der Waals surface area contributed by atoms with Gasteiger partial charge < -0.3 is 10.4 Å². The van der Waals surface area contributed by atoms with Gasteiger partial charge in [0.2, 0.25) is 5.82 Å². The Labute approximate surface area is 135 Å². The molecule has 10 heteroatoms. The number of allylic oxidation sites excluding steroid dienone is 1. The largest absolute Gasteiger partial charge is 0.478 e. The highest BCUT2D eigenvalue weighted by atomic mass is 79.9. The molecule has 3 N–H and O–H groups in total. The number of nitrogens with zero attached hydrogens (tertiary/aromatic N) is 4. The summed E-state index contributed by atoms with van der Waals surface area (Å²) in [7, 11) is 0. The minimum Gasteiger partial charge on any atom is -0.478 e. The van der Waals surface area contributed by atoms with Crippen molar-refractivity contribution in [2.45, 2.75) is 0 Å². The van der Waals surface area contributed by atoms with E-state index in [1.54, 1.807) is 6.07 Å². The number of benzene rings is 1. The van der Waals surface area contributed by atoms with Crippen LogP contribution in [0.5, 0.6) is 0 Å². The summed E-state index contributed by atoms with van der Waals surface area (Å²) in [6.07, 6.45) is 1.31. The number of nitrogens with one attached hydrogen (secondary N) is 2. The summed E-state index contributed by atoms with van der Waals surface area (Å²) in [4.78, 5) is 11.3. The summed E-state index contributed by atoms with van der Waals surface area (Å²) in [6, 6.07) is 5.03. The maximum atomic E-state index is 11.3. The van der Waals surface area contributed by atoms with Gasteiger partial charge in [0.1, 0.15) is 11.6 Å². The summed E-state index contributed by atoms with van der Waals surface area (Å²) in [5.41, 5.74) is 0.453. The third-order valence-electron chi connectivity index (χ3n) is 2.35.